The fourth-order valence-corrected chi connectivity index (χ4v) is 2.56. The van der Waals surface area contributed by atoms with Gasteiger partial charge in [0.1, 0.15) is 0 Å². The minimum absolute atomic E-state index is 0.629. The first-order chi connectivity index (χ1) is 5.79. The van der Waals surface area contributed by atoms with E-state index >= 15 is 0 Å². The summed E-state index contributed by atoms with van der Waals surface area (Å²) in [6.45, 7) is 0. The van der Waals surface area contributed by atoms with Crippen molar-refractivity contribution in [3.8, 4) is 0 Å². The van der Waals surface area contributed by atoms with Crippen molar-refractivity contribution in [3.05, 3.63) is 11.1 Å². The Hall–Kier alpha value is -0.790. The molecule has 2 heteroatoms. The number of carboxylic acids is 1. The number of rotatable bonds is 1. The third-order valence-corrected chi connectivity index (χ3v) is 3.12. The van der Waals surface area contributed by atoms with Crippen molar-refractivity contribution < 1.29 is 9.90 Å². The first-order valence-corrected chi connectivity index (χ1v) is 4.74. The Bertz CT molecular complexity index is 240. The molecular weight excluding hydrogens is 152 g/mol. The molecular formula is C10H14O2. The standard InChI is InChI=1S/C10H14O2/c11-10(12)9-6-2-4-7-3-1-5-8(7)9/h7H,1-6H2,(H,11,12). The van der Waals surface area contributed by atoms with Gasteiger partial charge in [-0.15, -0.1) is 0 Å². The van der Waals surface area contributed by atoms with E-state index in [9.17, 15) is 4.79 Å². The molecule has 1 unspecified atom stereocenters. The third-order valence-electron chi connectivity index (χ3n) is 3.12. The molecule has 0 aromatic carbocycles. The summed E-state index contributed by atoms with van der Waals surface area (Å²) < 4.78 is 0. The molecule has 2 aliphatic rings. The van der Waals surface area contributed by atoms with Crippen molar-refractivity contribution in [2.45, 2.75) is 38.5 Å². The number of hydrogen-bond donors (Lipinski definition) is 1. The maximum Gasteiger partial charge on any atom is 0.331 e. The summed E-state index contributed by atoms with van der Waals surface area (Å²) >= 11 is 0. The molecule has 2 rings (SSSR count). The maximum atomic E-state index is 10.8. The van der Waals surface area contributed by atoms with Crippen LogP contribution >= 0.6 is 0 Å². The Morgan fingerprint density at radius 1 is 1.25 bits per heavy atom. The highest BCUT2D eigenvalue weighted by molar-refractivity contribution is 5.87. The lowest BCUT2D eigenvalue weighted by atomic mass is 9.85. The Morgan fingerprint density at radius 3 is 2.58 bits per heavy atom. The number of fused-ring (bicyclic) bond motifs is 1. The van der Waals surface area contributed by atoms with E-state index < -0.39 is 5.97 Å². The van der Waals surface area contributed by atoms with Gasteiger partial charge in [-0.2, -0.15) is 0 Å². The van der Waals surface area contributed by atoms with Crippen molar-refractivity contribution in [3.63, 3.8) is 0 Å². The van der Waals surface area contributed by atoms with E-state index in [0.29, 0.717) is 5.92 Å². The number of allylic oxidation sites excluding steroid dienone is 1. The topological polar surface area (TPSA) is 37.3 Å². The number of aliphatic carboxylic acids is 1. The summed E-state index contributed by atoms with van der Waals surface area (Å²) in [5.74, 6) is -0.0403. The van der Waals surface area contributed by atoms with Gasteiger partial charge in [-0.3, -0.25) is 0 Å². The van der Waals surface area contributed by atoms with Crippen LogP contribution in [-0.2, 0) is 4.79 Å². The summed E-state index contributed by atoms with van der Waals surface area (Å²) in [6.07, 6.45) is 6.60. The summed E-state index contributed by atoms with van der Waals surface area (Å²) in [4.78, 5) is 10.8. The van der Waals surface area contributed by atoms with E-state index in [0.717, 1.165) is 24.8 Å². The molecule has 0 bridgehead atoms. The van der Waals surface area contributed by atoms with Crippen LogP contribution in [0.3, 0.4) is 0 Å². The molecule has 0 amide bonds. The van der Waals surface area contributed by atoms with E-state index in [-0.39, 0.29) is 0 Å². The van der Waals surface area contributed by atoms with Crippen LogP contribution in [0.25, 0.3) is 0 Å². The second-order valence-corrected chi connectivity index (χ2v) is 3.79. The quantitative estimate of drug-likeness (QED) is 0.649. The summed E-state index contributed by atoms with van der Waals surface area (Å²) in [5, 5.41) is 8.93. The molecule has 66 valence electrons. The van der Waals surface area contributed by atoms with E-state index in [1.165, 1.54) is 24.8 Å². The number of carbonyl (C=O) groups is 1. The Balaban J connectivity index is 2.32. The predicted octanol–water partition coefficient (Wildman–Crippen LogP) is 2.35. The van der Waals surface area contributed by atoms with Crippen molar-refractivity contribution in [2.24, 2.45) is 5.92 Å². The second-order valence-electron chi connectivity index (χ2n) is 3.79. The summed E-state index contributed by atoms with van der Waals surface area (Å²) in [5.41, 5.74) is 2.01. The molecule has 0 heterocycles. The molecule has 12 heavy (non-hydrogen) atoms. The van der Waals surface area contributed by atoms with Crippen molar-refractivity contribution >= 4 is 5.97 Å². The fourth-order valence-electron chi connectivity index (χ4n) is 2.56. The van der Waals surface area contributed by atoms with Crippen molar-refractivity contribution in [2.75, 3.05) is 0 Å². The van der Waals surface area contributed by atoms with Gasteiger partial charge in [-0.25, -0.2) is 4.79 Å². The SMILES string of the molecule is O=C(O)C1=C2CCCC2CCC1. The molecule has 0 spiro atoms. The van der Waals surface area contributed by atoms with Gasteiger partial charge < -0.3 is 5.11 Å². The largest absolute Gasteiger partial charge is 0.478 e. The molecule has 1 N–H and O–H groups in total. The lowest BCUT2D eigenvalue weighted by Crippen LogP contribution is -2.13. The summed E-state index contributed by atoms with van der Waals surface area (Å²) in [6, 6.07) is 0. The van der Waals surface area contributed by atoms with Crippen LogP contribution < -0.4 is 0 Å². The molecule has 0 radical (unpaired) electrons. The Labute approximate surface area is 72.3 Å². The molecule has 0 aromatic heterocycles. The molecule has 2 aliphatic carbocycles. The average molecular weight is 166 g/mol. The zero-order valence-corrected chi connectivity index (χ0v) is 7.18. The van der Waals surface area contributed by atoms with Gasteiger partial charge in [-0.1, -0.05) is 5.57 Å². The van der Waals surface area contributed by atoms with Gasteiger partial charge in [0.05, 0.1) is 0 Å². The molecule has 0 aromatic rings. The zero-order chi connectivity index (χ0) is 8.55. The van der Waals surface area contributed by atoms with Crippen LogP contribution in [-0.4, -0.2) is 11.1 Å². The maximum absolute atomic E-state index is 10.8. The van der Waals surface area contributed by atoms with Gasteiger partial charge >= 0.3 is 5.97 Å². The predicted molar refractivity (Wildman–Crippen MR) is 45.9 cm³/mol. The molecule has 2 nitrogen and oxygen atoms in total. The Morgan fingerprint density at radius 2 is 1.92 bits per heavy atom. The molecule has 1 saturated carbocycles. The van der Waals surface area contributed by atoms with Crippen LogP contribution in [0.5, 0.6) is 0 Å². The fraction of sp³-hybridized carbons (Fsp3) is 0.700. The highest BCUT2D eigenvalue weighted by Gasteiger charge is 2.29. The minimum atomic E-state index is -0.670. The van der Waals surface area contributed by atoms with Gasteiger partial charge in [-0.05, 0) is 44.4 Å². The molecule has 0 saturated heterocycles. The number of carboxylic acid groups (broad SMARTS) is 1. The van der Waals surface area contributed by atoms with Gasteiger partial charge in [0.15, 0.2) is 0 Å². The van der Waals surface area contributed by atoms with Gasteiger partial charge in [0, 0.05) is 5.57 Å². The first kappa shape index (κ1) is 7.84. The van der Waals surface area contributed by atoms with E-state index in [1.54, 1.807) is 0 Å². The van der Waals surface area contributed by atoms with Crippen LogP contribution in [0.2, 0.25) is 0 Å². The first-order valence-electron chi connectivity index (χ1n) is 4.74. The summed E-state index contributed by atoms with van der Waals surface area (Å²) in [7, 11) is 0. The minimum Gasteiger partial charge on any atom is -0.478 e. The molecule has 1 atom stereocenters. The van der Waals surface area contributed by atoms with Crippen molar-refractivity contribution in [1.82, 2.24) is 0 Å². The third kappa shape index (κ3) is 1.15. The highest BCUT2D eigenvalue weighted by Crippen LogP contribution is 2.41. The van der Waals surface area contributed by atoms with Crippen LogP contribution in [0.1, 0.15) is 38.5 Å². The van der Waals surface area contributed by atoms with Crippen LogP contribution in [0.4, 0.5) is 0 Å². The van der Waals surface area contributed by atoms with Crippen molar-refractivity contribution in [1.29, 1.82) is 0 Å². The second kappa shape index (κ2) is 2.92. The zero-order valence-electron chi connectivity index (χ0n) is 7.18. The number of hydrogen-bond acceptors (Lipinski definition) is 1. The van der Waals surface area contributed by atoms with Gasteiger partial charge in [0.2, 0.25) is 0 Å². The lowest BCUT2D eigenvalue weighted by molar-refractivity contribution is -0.133. The average Bonchev–Trinajstić information content (AvgIpc) is 2.49. The normalized spacial score (nSPS) is 28.8. The molecule has 0 aliphatic heterocycles. The van der Waals surface area contributed by atoms with Crippen LogP contribution in [0.15, 0.2) is 11.1 Å². The Kier molecular flexibility index (Phi) is 1.91. The van der Waals surface area contributed by atoms with Gasteiger partial charge in [0.25, 0.3) is 0 Å². The van der Waals surface area contributed by atoms with E-state index in [1.807, 2.05) is 0 Å². The lowest BCUT2D eigenvalue weighted by Gasteiger charge is -2.20. The smallest absolute Gasteiger partial charge is 0.331 e. The molecule has 1 fully saturated rings. The monoisotopic (exact) mass is 166 g/mol. The van der Waals surface area contributed by atoms with E-state index in [4.69, 9.17) is 5.11 Å². The van der Waals surface area contributed by atoms with E-state index in [2.05, 4.69) is 0 Å². The van der Waals surface area contributed by atoms with Crippen LogP contribution in [0, 0.1) is 5.92 Å². The highest BCUT2D eigenvalue weighted by atomic mass is 16.4.